The summed E-state index contributed by atoms with van der Waals surface area (Å²) in [6, 6.07) is 10.9. The number of nitrogens with one attached hydrogen (secondary N) is 1. The molecule has 0 bridgehead atoms. The monoisotopic (exact) mass is 418 g/mol. The third-order valence-electron chi connectivity index (χ3n) is 5.67. The molecule has 1 aliphatic heterocycles. The molecular formula is C22H27FN2O3S. The predicted octanol–water partition coefficient (Wildman–Crippen LogP) is 3.72. The molecule has 1 N–H and O–H groups in total. The predicted molar refractivity (Wildman–Crippen MR) is 110 cm³/mol. The number of piperidine rings is 1. The van der Waals surface area contributed by atoms with Crippen LogP contribution in [0.15, 0.2) is 47.4 Å². The lowest BCUT2D eigenvalue weighted by molar-refractivity contribution is -0.126. The van der Waals surface area contributed by atoms with Crippen molar-refractivity contribution in [3.8, 4) is 0 Å². The third kappa shape index (κ3) is 4.85. The number of carbonyl (C=O) groups excluding carboxylic acids is 1. The van der Waals surface area contributed by atoms with E-state index in [-0.39, 0.29) is 35.9 Å². The standard InChI is InChI=1S/C22H27FN2O3S/c1-15-4-5-19(14-16(15)2)17(3)24-22(26)18-10-12-25(13-11-18)29(27,28)21-8-6-20(23)7-9-21/h4-9,14,17-18H,10-13H2,1-3H3,(H,24,26)/t17-/m1/s1. The van der Waals surface area contributed by atoms with Crippen LogP contribution in [-0.2, 0) is 14.8 Å². The lowest BCUT2D eigenvalue weighted by Crippen LogP contribution is -2.43. The fourth-order valence-corrected chi connectivity index (χ4v) is 5.03. The van der Waals surface area contributed by atoms with Crippen LogP contribution in [0.25, 0.3) is 0 Å². The molecule has 0 unspecified atom stereocenters. The van der Waals surface area contributed by atoms with Gasteiger partial charge in [-0.1, -0.05) is 18.2 Å². The van der Waals surface area contributed by atoms with Crippen LogP contribution >= 0.6 is 0 Å². The fourth-order valence-electron chi connectivity index (χ4n) is 3.56. The van der Waals surface area contributed by atoms with Gasteiger partial charge in [-0.2, -0.15) is 4.31 Å². The van der Waals surface area contributed by atoms with Crippen molar-refractivity contribution in [2.24, 2.45) is 5.92 Å². The molecular weight excluding hydrogens is 391 g/mol. The number of rotatable bonds is 5. The first-order chi connectivity index (χ1) is 13.7. The van der Waals surface area contributed by atoms with Crippen LogP contribution < -0.4 is 5.32 Å². The Hall–Kier alpha value is -2.25. The van der Waals surface area contributed by atoms with Crippen LogP contribution in [0.3, 0.4) is 0 Å². The molecule has 0 aromatic heterocycles. The minimum Gasteiger partial charge on any atom is -0.349 e. The molecule has 1 atom stereocenters. The highest BCUT2D eigenvalue weighted by atomic mass is 32.2. The Morgan fingerprint density at radius 2 is 1.69 bits per heavy atom. The first kappa shape index (κ1) is 21.5. The van der Waals surface area contributed by atoms with Crippen molar-refractivity contribution < 1.29 is 17.6 Å². The van der Waals surface area contributed by atoms with Crippen LogP contribution in [0.5, 0.6) is 0 Å². The second-order valence-corrected chi connectivity index (χ2v) is 9.64. The maximum atomic E-state index is 13.1. The number of benzene rings is 2. The van der Waals surface area contributed by atoms with Crippen LogP contribution in [0.1, 0.15) is 42.5 Å². The number of nitrogens with zero attached hydrogens (tertiary/aromatic N) is 1. The summed E-state index contributed by atoms with van der Waals surface area (Å²) >= 11 is 0. The zero-order chi connectivity index (χ0) is 21.2. The van der Waals surface area contributed by atoms with E-state index in [9.17, 15) is 17.6 Å². The van der Waals surface area contributed by atoms with Gasteiger partial charge < -0.3 is 5.32 Å². The minimum absolute atomic E-state index is 0.0467. The van der Waals surface area contributed by atoms with Gasteiger partial charge in [0.25, 0.3) is 0 Å². The Kier molecular flexibility index (Phi) is 6.39. The average molecular weight is 419 g/mol. The van der Waals surface area contributed by atoms with Crippen molar-refractivity contribution in [1.29, 1.82) is 0 Å². The van der Waals surface area contributed by atoms with Gasteiger partial charge in [-0.25, -0.2) is 12.8 Å². The lowest BCUT2D eigenvalue weighted by atomic mass is 9.96. The molecule has 0 aliphatic carbocycles. The van der Waals surface area contributed by atoms with E-state index in [1.807, 2.05) is 26.0 Å². The van der Waals surface area contributed by atoms with E-state index in [2.05, 4.69) is 18.3 Å². The van der Waals surface area contributed by atoms with E-state index in [0.717, 1.165) is 17.7 Å². The summed E-state index contributed by atoms with van der Waals surface area (Å²) in [6.07, 6.45) is 0.928. The molecule has 1 saturated heterocycles. The summed E-state index contributed by atoms with van der Waals surface area (Å²) in [5.41, 5.74) is 3.45. The maximum Gasteiger partial charge on any atom is 0.243 e. The summed E-state index contributed by atoms with van der Waals surface area (Å²) in [5.74, 6) is -0.740. The van der Waals surface area contributed by atoms with Crippen molar-refractivity contribution >= 4 is 15.9 Å². The molecule has 3 rings (SSSR count). The smallest absolute Gasteiger partial charge is 0.243 e. The van der Waals surface area contributed by atoms with Gasteiger partial charge in [0.15, 0.2) is 0 Å². The quantitative estimate of drug-likeness (QED) is 0.805. The summed E-state index contributed by atoms with van der Waals surface area (Å²) in [4.78, 5) is 12.8. The van der Waals surface area contributed by atoms with Gasteiger partial charge in [-0.15, -0.1) is 0 Å². The summed E-state index contributed by atoms with van der Waals surface area (Å²) < 4.78 is 39.8. The molecule has 1 amide bonds. The van der Waals surface area contributed by atoms with E-state index < -0.39 is 15.8 Å². The van der Waals surface area contributed by atoms with Crippen molar-refractivity contribution in [3.05, 3.63) is 65.0 Å². The Morgan fingerprint density at radius 1 is 1.07 bits per heavy atom. The van der Waals surface area contributed by atoms with Crippen LogP contribution in [-0.4, -0.2) is 31.7 Å². The second kappa shape index (κ2) is 8.63. The first-order valence-electron chi connectivity index (χ1n) is 9.81. The van der Waals surface area contributed by atoms with Crippen molar-refractivity contribution in [1.82, 2.24) is 9.62 Å². The van der Waals surface area contributed by atoms with Gasteiger partial charge in [0, 0.05) is 19.0 Å². The Morgan fingerprint density at radius 3 is 2.28 bits per heavy atom. The van der Waals surface area contributed by atoms with Gasteiger partial charge in [0.1, 0.15) is 5.82 Å². The first-order valence-corrected chi connectivity index (χ1v) is 11.3. The van der Waals surface area contributed by atoms with Crippen LogP contribution in [0, 0.1) is 25.6 Å². The molecule has 29 heavy (non-hydrogen) atoms. The Labute approximate surface area is 172 Å². The molecule has 2 aromatic carbocycles. The molecule has 0 spiro atoms. The molecule has 1 aliphatic rings. The molecule has 7 heteroatoms. The molecule has 1 heterocycles. The summed E-state index contributed by atoms with van der Waals surface area (Å²) in [6.45, 7) is 6.60. The number of carbonyl (C=O) groups is 1. The zero-order valence-corrected chi connectivity index (χ0v) is 17.8. The van der Waals surface area contributed by atoms with Gasteiger partial charge in [-0.3, -0.25) is 4.79 Å². The normalized spacial score (nSPS) is 17.1. The van der Waals surface area contributed by atoms with E-state index >= 15 is 0 Å². The summed E-state index contributed by atoms with van der Waals surface area (Å²) in [5, 5.41) is 3.06. The number of amides is 1. The van der Waals surface area contributed by atoms with E-state index in [4.69, 9.17) is 0 Å². The number of halogens is 1. The minimum atomic E-state index is -3.67. The lowest BCUT2D eigenvalue weighted by Gasteiger charge is -2.31. The topological polar surface area (TPSA) is 66.5 Å². The largest absolute Gasteiger partial charge is 0.349 e. The zero-order valence-electron chi connectivity index (χ0n) is 17.0. The average Bonchev–Trinajstić information content (AvgIpc) is 2.70. The van der Waals surface area contributed by atoms with Crippen molar-refractivity contribution in [2.75, 3.05) is 13.1 Å². The van der Waals surface area contributed by atoms with Gasteiger partial charge in [0.05, 0.1) is 10.9 Å². The van der Waals surface area contributed by atoms with Crippen LogP contribution in [0.4, 0.5) is 4.39 Å². The number of aryl methyl sites for hydroxylation is 2. The second-order valence-electron chi connectivity index (χ2n) is 7.71. The van der Waals surface area contributed by atoms with Crippen molar-refractivity contribution in [2.45, 2.75) is 44.6 Å². The van der Waals surface area contributed by atoms with Gasteiger partial charge >= 0.3 is 0 Å². The summed E-state index contributed by atoms with van der Waals surface area (Å²) in [7, 11) is -3.67. The van der Waals surface area contributed by atoms with E-state index in [1.165, 1.54) is 27.6 Å². The molecule has 156 valence electrons. The highest BCUT2D eigenvalue weighted by molar-refractivity contribution is 7.89. The van der Waals surface area contributed by atoms with Gasteiger partial charge in [0.2, 0.25) is 15.9 Å². The fraction of sp³-hybridized carbons (Fsp3) is 0.409. The number of hydrogen-bond donors (Lipinski definition) is 1. The van der Waals surface area contributed by atoms with Crippen molar-refractivity contribution in [3.63, 3.8) is 0 Å². The molecule has 0 saturated carbocycles. The molecule has 5 nitrogen and oxygen atoms in total. The van der Waals surface area contributed by atoms with Gasteiger partial charge in [-0.05, 0) is 74.6 Å². The highest BCUT2D eigenvalue weighted by Gasteiger charge is 2.32. The molecule has 1 fully saturated rings. The maximum absolute atomic E-state index is 13.1. The molecule has 0 radical (unpaired) electrons. The third-order valence-corrected chi connectivity index (χ3v) is 7.58. The van der Waals surface area contributed by atoms with E-state index in [0.29, 0.717) is 12.8 Å². The van der Waals surface area contributed by atoms with Crippen LogP contribution in [0.2, 0.25) is 0 Å². The highest BCUT2D eigenvalue weighted by Crippen LogP contribution is 2.25. The van der Waals surface area contributed by atoms with E-state index in [1.54, 1.807) is 0 Å². The Balaban J connectivity index is 1.59. The number of sulfonamides is 1. The number of hydrogen-bond acceptors (Lipinski definition) is 3. The SMILES string of the molecule is Cc1ccc([C@@H](C)NC(=O)C2CCN(S(=O)(=O)c3ccc(F)cc3)CC2)cc1C. The Bertz CT molecular complexity index is 982. The molecule has 2 aromatic rings.